The van der Waals surface area contributed by atoms with E-state index in [0.29, 0.717) is 0 Å². The van der Waals surface area contributed by atoms with Crippen molar-refractivity contribution >= 4 is 11.6 Å². The molecule has 14 heavy (non-hydrogen) atoms. The van der Waals surface area contributed by atoms with Crippen molar-refractivity contribution in [1.29, 1.82) is 0 Å². The van der Waals surface area contributed by atoms with Crippen molar-refractivity contribution in [3.63, 3.8) is 0 Å². The van der Waals surface area contributed by atoms with Gasteiger partial charge in [0.2, 0.25) is 0 Å². The van der Waals surface area contributed by atoms with Crippen molar-refractivity contribution in [1.82, 2.24) is 0 Å². The number of aliphatic hydroxyl groups is 1. The number of aromatic hydroxyl groups is 1. The average molecular weight is 223 g/mol. The van der Waals surface area contributed by atoms with Crippen LogP contribution in [0.4, 0.5) is 8.78 Å². The third-order valence-corrected chi connectivity index (χ3v) is 2.18. The third kappa shape index (κ3) is 2.13. The smallest absolute Gasteiger partial charge is 0.151 e. The van der Waals surface area contributed by atoms with Gasteiger partial charge in [0.25, 0.3) is 0 Å². The van der Waals surface area contributed by atoms with Gasteiger partial charge in [0.05, 0.1) is 0 Å². The summed E-state index contributed by atoms with van der Waals surface area (Å²) < 4.78 is 26.3. The first-order valence-electron chi connectivity index (χ1n) is 4.04. The van der Waals surface area contributed by atoms with Crippen molar-refractivity contribution in [2.24, 2.45) is 0 Å². The molecule has 1 rings (SSSR count). The minimum absolute atomic E-state index is 0.0498. The molecular weight excluding hydrogens is 214 g/mol. The molecule has 2 nitrogen and oxygen atoms in total. The molecule has 2 N–H and O–H groups in total. The molecule has 0 heterocycles. The van der Waals surface area contributed by atoms with E-state index in [1.54, 1.807) is 0 Å². The van der Waals surface area contributed by atoms with Crippen LogP contribution in [0, 0.1) is 11.6 Å². The predicted molar refractivity (Wildman–Crippen MR) is 48.4 cm³/mol. The second-order valence-corrected chi connectivity index (χ2v) is 3.19. The van der Waals surface area contributed by atoms with Crippen LogP contribution in [0.25, 0.3) is 0 Å². The largest absolute Gasteiger partial charge is 0.506 e. The fraction of sp³-hybridized carbons (Fsp3) is 0.333. The lowest BCUT2D eigenvalue weighted by Crippen LogP contribution is -1.98. The Kier molecular flexibility index (Phi) is 3.66. The first kappa shape index (κ1) is 11.2. The first-order valence-corrected chi connectivity index (χ1v) is 4.42. The van der Waals surface area contributed by atoms with Crippen LogP contribution in [0.2, 0.25) is 5.02 Å². The molecule has 0 saturated carbocycles. The highest BCUT2D eigenvalue weighted by atomic mass is 35.5. The average Bonchev–Trinajstić information content (AvgIpc) is 2.14. The fourth-order valence-corrected chi connectivity index (χ4v) is 1.27. The number of aliphatic hydroxyl groups excluding tert-OH is 1. The van der Waals surface area contributed by atoms with E-state index in [0.717, 1.165) is 6.07 Å². The summed E-state index contributed by atoms with van der Waals surface area (Å²) in [5, 5.41) is 17.0. The quantitative estimate of drug-likeness (QED) is 0.770. The number of hydrogen-bond acceptors (Lipinski definition) is 2. The topological polar surface area (TPSA) is 40.5 Å². The van der Waals surface area contributed by atoms with Crippen molar-refractivity contribution in [3.05, 3.63) is 28.3 Å². The normalized spacial score (nSPS) is 10.6. The molecule has 0 spiro atoms. The van der Waals surface area contributed by atoms with E-state index in [1.165, 1.54) is 0 Å². The number of phenols is 1. The molecule has 0 saturated heterocycles. The Hall–Kier alpha value is -0.870. The molecule has 5 heteroatoms. The Morgan fingerprint density at radius 2 is 2.00 bits per heavy atom. The molecule has 0 bridgehead atoms. The molecule has 0 fully saturated rings. The molecule has 1 aromatic carbocycles. The van der Waals surface area contributed by atoms with Crippen LogP contribution in [0.3, 0.4) is 0 Å². The minimum Gasteiger partial charge on any atom is -0.506 e. The molecule has 0 amide bonds. The second kappa shape index (κ2) is 4.57. The summed E-state index contributed by atoms with van der Waals surface area (Å²) in [5.41, 5.74) is -0.207. The Balaban J connectivity index is 3.09. The molecule has 0 aromatic heterocycles. The lowest BCUT2D eigenvalue weighted by Gasteiger charge is -2.06. The van der Waals surface area contributed by atoms with Gasteiger partial charge in [0.15, 0.2) is 5.82 Å². The maximum atomic E-state index is 13.2. The Bertz CT molecular complexity index is 342. The molecule has 0 aliphatic heterocycles. The van der Waals surface area contributed by atoms with E-state index in [2.05, 4.69) is 0 Å². The van der Waals surface area contributed by atoms with Gasteiger partial charge < -0.3 is 10.2 Å². The van der Waals surface area contributed by atoms with Crippen LogP contribution in [-0.2, 0) is 6.42 Å². The van der Waals surface area contributed by atoms with Gasteiger partial charge in [-0.25, -0.2) is 8.78 Å². The van der Waals surface area contributed by atoms with Crippen LogP contribution in [-0.4, -0.2) is 16.8 Å². The van der Waals surface area contributed by atoms with Crippen LogP contribution < -0.4 is 0 Å². The van der Waals surface area contributed by atoms with Crippen molar-refractivity contribution in [2.75, 3.05) is 6.61 Å². The Morgan fingerprint density at radius 3 is 2.57 bits per heavy atom. The number of rotatable bonds is 3. The highest BCUT2D eigenvalue weighted by Crippen LogP contribution is 2.30. The molecule has 0 aliphatic carbocycles. The van der Waals surface area contributed by atoms with Crippen LogP contribution in [0.15, 0.2) is 6.07 Å². The van der Waals surface area contributed by atoms with Gasteiger partial charge in [-0.15, -0.1) is 0 Å². The second-order valence-electron chi connectivity index (χ2n) is 2.81. The maximum absolute atomic E-state index is 13.2. The Labute approximate surface area is 84.7 Å². The van der Waals surface area contributed by atoms with Gasteiger partial charge in [0.1, 0.15) is 16.6 Å². The summed E-state index contributed by atoms with van der Waals surface area (Å²) in [6.45, 7) is -0.155. The summed E-state index contributed by atoms with van der Waals surface area (Å²) >= 11 is 5.38. The third-order valence-electron chi connectivity index (χ3n) is 1.82. The molecule has 0 aliphatic rings. The highest BCUT2D eigenvalue weighted by molar-refractivity contribution is 6.32. The zero-order valence-corrected chi connectivity index (χ0v) is 7.98. The first-order chi connectivity index (χ1) is 6.57. The van der Waals surface area contributed by atoms with Gasteiger partial charge >= 0.3 is 0 Å². The van der Waals surface area contributed by atoms with Crippen molar-refractivity contribution < 1.29 is 19.0 Å². The predicted octanol–water partition coefficient (Wildman–Crippen LogP) is 2.25. The monoisotopic (exact) mass is 222 g/mol. The van der Waals surface area contributed by atoms with E-state index in [4.69, 9.17) is 21.8 Å². The lowest BCUT2D eigenvalue weighted by atomic mass is 10.1. The van der Waals surface area contributed by atoms with Crippen LogP contribution in [0.5, 0.6) is 5.75 Å². The molecule has 0 atom stereocenters. The minimum atomic E-state index is -0.961. The summed E-state index contributed by atoms with van der Waals surface area (Å²) in [6.07, 6.45) is 0.295. The highest BCUT2D eigenvalue weighted by Gasteiger charge is 2.16. The summed E-state index contributed by atoms with van der Waals surface area (Å²) in [5.74, 6) is -2.43. The SMILES string of the molecule is OCCCc1c(F)cc(O)c(Cl)c1F. The Morgan fingerprint density at radius 1 is 1.36 bits per heavy atom. The van der Waals surface area contributed by atoms with Crippen LogP contribution >= 0.6 is 11.6 Å². The molecular formula is C9H9ClF2O2. The van der Waals surface area contributed by atoms with Gasteiger partial charge in [-0.2, -0.15) is 0 Å². The van der Waals surface area contributed by atoms with Gasteiger partial charge in [-0.3, -0.25) is 0 Å². The molecule has 0 unspecified atom stereocenters. The van der Waals surface area contributed by atoms with Crippen molar-refractivity contribution in [2.45, 2.75) is 12.8 Å². The van der Waals surface area contributed by atoms with E-state index in [9.17, 15) is 8.78 Å². The van der Waals surface area contributed by atoms with E-state index < -0.39 is 22.4 Å². The molecule has 0 radical (unpaired) electrons. The molecule has 1 aromatic rings. The molecule has 78 valence electrons. The van der Waals surface area contributed by atoms with Gasteiger partial charge in [-0.1, -0.05) is 11.6 Å². The maximum Gasteiger partial charge on any atom is 0.151 e. The summed E-state index contributed by atoms with van der Waals surface area (Å²) in [7, 11) is 0. The fourth-order valence-electron chi connectivity index (χ4n) is 1.11. The summed E-state index contributed by atoms with van der Waals surface area (Å²) in [6, 6.07) is 0.762. The number of phenolic OH excluding ortho intramolecular Hbond substituents is 1. The zero-order chi connectivity index (χ0) is 10.7. The number of benzene rings is 1. The van der Waals surface area contributed by atoms with Gasteiger partial charge in [0, 0.05) is 18.2 Å². The zero-order valence-electron chi connectivity index (χ0n) is 7.23. The van der Waals surface area contributed by atoms with E-state index >= 15 is 0 Å². The summed E-state index contributed by atoms with van der Waals surface area (Å²) in [4.78, 5) is 0. The van der Waals surface area contributed by atoms with E-state index in [1.807, 2.05) is 0 Å². The lowest BCUT2D eigenvalue weighted by molar-refractivity contribution is 0.287. The number of halogens is 3. The van der Waals surface area contributed by atoms with Gasteiger partial charge in [-0.05, 0) is 12.8 Å². The van der Waals surface area contributed by atoms with Crippen LogP contribution in [0.1, 0.15) is 12.0 Å². The number of hydrogen-bond donors (Lipinski definition) is 2. The van der Waals surface area contributed by atoms with E-state index in [-0.39, 0.29) is 25.0 Å². The van der Waals surface area contributed by atoms with Crippen molar-refractivity contribution in [3.8, 4) is 5.75 Å². The standard InChI is InChI=1S/C9H9ClF2O2/c10-8-7(14)4-6(11)5(9(8)12)2-1-3-13/h4,13-14H,1-3H2.